The van der Waals surface area contributed by atoms with Crippen LogP contribution >= 0.6 is 0 Å². The van der Waals surface area contributed by atoms with Gasteiger partial charge in [-0.2, -0.15) is 0 Å². The summed E-state index contributed by atoms with van der Waals surface area (Å²) in [5.41, 5.74) is 5.87. The maximum atomic E-state index is 13.9. The number of oxime groups is 1. The average Bonchev–Trinajstić information content (AvgIpc) is 2.31. The molecule has 0 fully saturated rings. The number of halogens is 1. The van der Waals surface area contributed by atoms with Crippen LogP contribution in [-0.4, -0.2) is 41.2 Å². The second-order valence-corrected chi connectivity index (χ2v) is 3.73. The van der Waals surface area contributed by atoms with E-state index in [1.165, 1.54) is 6.07 Å². The summed E-state index contributed by atoms with van der Waals surface area (Å²) in [6, 6.07) is 4.70. The van der Waals surface area contributed by atoms with Crippen LogP contribution in [0.1, 0.15) is 11.1 Å². The molecule has 0 saturated carbocycles. The summed E-state index contributed by atoms with van der Waals surface area (Å²) in [4.78, 5) is 1.77. The highest BCUT2D eigenvalue weighted by Crippen LogP contribution is 2.14. The van der Waals surface area contributed by atoms with E-state index in [0.717, 1.165) is 0 Å². The maximum absolute atomic E-state index is 13.9. The van der Waals surface area contributed by atoms with E-state index in [0.29, 0.717) is 18.7 Å². The van der Waals surface area contributed by atoms with Crippen molar-refractivity contribution in [3.05, 3.63) is 35.1 Å². The summed E-state index contributed by atoms with van der Waals surface area (Å²) in [5.74, 6) is -0.762. The van der Waals surface area contributed by atoms with Crippen LogP contribution < -0.4 is 5.73 Å². The van der Waals surface area contributed by atoms with Gasteiger partial charge in [0, 0.05) is 18.7 Å². The Balaban J connectivity index is 2.94. The molecule has 0 aromatic heterocycles. The first kappa shape index (κ1) is 13.4. The molecule has 0 aliphatic rings. The molecule has 0 bridgehead atoms. The largest absolute Gasteiger partial charge is 0.409 e. The molecule has 0 amide bonds. The van der Waals surface area contributed by atoms with Crippen molar-refractivity contribution in [3.8, 4) is 0 Å². The van der Waals surface area contributed by atoms with E-state index < -0.39 is 5.82 Å². The topological polar surface area (TPSA) is 82.1 Å². The van der Waals surface area contributed by atoms with Crippen LogP contribution in [-0.2, 0) is 6.54 Å². The number of hydrogen-bond donors (Lipinski definition) is 3. The zero-order chi connectivity index (χ0) is 12.8. The van der Waals surface area contributed by atoms with E-state index in [1.807, 2.05) is 0 Å². The van der Waals surface area contributed by atoms with E-state index in [-0.39, 0.29) is 18.0 Å². The number of rotatable bonds is 5. The average molecular weight is 241 g/mol. The number of aliphatic hydroxyl groups is 1. The predicted octanol–water partition coefficient (Wildman–Crippen LogP) is 0.344. The molecule has 4 N–H and O–H groups in total. The zero-order valence-corrected chi connectivity index (χ0v) is 9.60. The Bertz CT molecular complexity index is 410. The number of amidine groups is 1. The first-order valence-corrected chi connectivity index (χ1v) is 5.14. The number of benzene rings is 1. The lowest BCUT2D eigenvalue weighted by Crippen LogP contribution is -2.23. The van der Waals surface area contributed by atoms with Gasteiger partial charge in [0.2, 0.25) is 0 Å². The summed E-state index contributed by atoms with van der Waals surface area (Å²) in [5, 5.41) is 20.1. The first-order chi connectivity index (χ1) is 8.10. The van der Waals surface area contributed by atoms with Crippen molar-refractivity contribution in [1.29, 1.82) is 0 Å². The minimum atomic E-state index is -0.507. The third-order valence-corrected chi connectivity index (χ3v) is 2.38. The van der Waals surface area contributed by atoms with E-state index in [2.05, 4.69) is 5.16 Å². The van der Waals surface area contributed by atoms with Crippen LogP contribution in [0.25, 0.3) is 0 Å². The van der Waals surface area contributed by atoms with Gasteiger partial charge in [-0.3, -0.25) is 4.90 Å². The normalized spacial score (nSPS) is 12.1. The van der Waals surface area contributed by atoms with Crippen LogP contribution in [0, 0.1) is 5.82 Å². The third kappa shape index (κ3) is 3.40. The summed E-state index contributed by atoms with van der Waals surface area (Å²) in [6.07, 6.45) is 0. The number of likely N-dealkylation sites (N-methyl/N-ethyl adjacent to an activating group) is 1. The van der Waals surface area contributed by atoms with Gasteiger partial charge in [0.05, 0.1) is 12.2 Å². The lowest BCUT2D eigenvalue weighted by atomic mass is 10.1. The van der Waals surface area contributed by atoms with E-state index in [4.69, 9.17) is 16.0 Å². The van der Waals surface area contributed by atoms with Gasteiger partial charge in [-0.25, -0.2) is 4.39 Å². The molecule has 0 heterocycles. The minimum Gasteiger partial charge on any atom is -0.409 e. The Morgan fingerprint density at radius 3 is 2.82 bits per heavy atom. The molecule has 1 rings (SSSR count). The van der Waals surface area contributed by atoms with Gasteiger partial charge in [0.25, 0.3) is 0 Å². The monoisotopic (exact) mass is 241 g/mol. The fraction of sp³-hybridized carbons (Fsp3) is 0.364. The van der Waals surface area contributed by atoms with Crippen molar-refractivity contribution in [2.75, 3.05) is 20.2 Å². The molecular formula is C11H16FN3O2. The van der Waals surface area contributed by atoms with E-state index in [1.54, 1.807) is 24.1 Å². The third-order valence-electron chi connectivity index (χ3n) is 2.38. The molecule has 0 aliphatic heterocycles. The molecule has 0 saturated heterocycles. The molecule has 0 spiro atoms. The highest BCUT2D eigenvalue weighted by atomic mass is 19.1. The number of hydrogen-bond acceptors (Lipinski definition) is 4. The second kappa shape index (κ2) is 6.17. The number of aliphatic hydroxyl groups excluding tert-OH is 1. The fourth-order valence-corrected chi connectivity index (χ4v) is 1.49. The fourth-order valence-electron chi connectivity index (χ4n) is 1.49. The summed E-state index contributed by atoms with van der Waals surface area (Å²) >= 11 is 0. The Morgan fingerprint density at radius 2 is 2.24 bits per heavy atom. The van der Waals surface area contributed by atoms with Crippen molar-refractivity contribution < 1.29 is 14.7 Å². The summed E-state index contributed by atoms with van der Waals surface area (Å²) in [6.45, 7) is 0.810. The molecule has 1 aromatic carbocycles. The molecule has 0 radical (unpaired) electrons. The molecule has 0 atom stereocenters. The number of nitrogens with zero attached hydrogens (tertiary/aromatic N) is 2. The number of nitrogens with two attached hydrogens (primary N) is 1. The van der Waals surface area contributed by atoms with Gasteiger partial charge in [-0.05, 0) is 13.1 Å². The summed E-state index contributed by atoms with van der Waals surface area (Å²) in [7, 11) is 1.77. The van der Waals surface area contributed by atoms with E-state index in [9.17, 15) is 4.39 Å². The van der Waals surface area contributed by atoms with Gasteiger partial charge >= 0.3 is 0 Å². The Kier molecular flexibility index (Phi) is 4.86. The van der Waals surface area contributed by atoms with Crippen molar-refractivity contribution in [2.45, 2.75) is 6.54 Å². The molecule has 5 nitrogen and oxygen atoms in total. The second-order valence-electron chi connectivity index (χ2n) is 3.73. The van der Waals surface area contributed by atoms with Gasteiger partial charge in [-0.15, -0.1) is 0 Å². The summed E-state index contributed by atoms with van der Waals surface area (Å²) < 4.78 is 13.9. The lowest BCUT2D eigenvalue weighted by Gasteiger charge is -2.16. The standard InChI is InChI=1S/C11H16FN3O2/c1-15(5-6-16)7-8-3-2-4-9(10(8)12)11(13)14-17/h2-4,16-17H,5-7H2,1H3,(H2,13,14). The van der Waals surface area contributed by atoms with Gasteiger partial charge in [0.15, 0.2) is 5.84 Å². The predicted molar refractivity (Wildman–Crippen MR) is 62.3 cm³/mol. The van der Waals surface area contributed by atoms with Gasteiger partial charge in [0.1, 0.15) is 5.82 Å². The molecular weight excluding hydrogens is 225 g/mol. The van der Waals surface area contributed by atoms with Crippen molar-refractivity contribution >= 4 is 5.84 Å². The van der Waals surface area contributed by atoms with Gasteiger partial charge < -0.3 is 16.0 Å². The van der Waals surface area contributed by atoms with Crippen LogP contribution in [0.2, 0.25) is 0 Å². The maximum Gasteiger partial charge on any atom is 0.173 e. The first-order valence-electron chi connectivity index (χ1n) is 5.14. The lowest BCUT2D eigenvalue weighted by molar-refractivity contribution is 0.216. The SMILES string of the molecule is CN(CCO)Cc1cccc(/C(N)=N/O)c1F. The van der Waals surface area contributed by atoms with Crippen molar-refractivity contribution in [3.63, 3.8) is 0 Å². The molecule has 1 aromatic rings. The van der Waals surface area contributed by atoms with Crippen LogP contribution in [0.15, 0.2) is 23.4 Å². The Hall–Kier alpha value is -1.66. The van der Waals surface area contributed by atoms with Gasteiger partial charge in [-0.1, -0.05) is 17.3 Å². The van der Waals surface area contributed by atoms with Crippen molar-refractivity contribution in [2.24, 2.45) is 10.9 Å². The quantitative estimate of drug-likeness (QED) is 0.300. The molecule has 94 valence electrons. The van der Waals surface area contributed by atoms with Crippen LogP contribution in [0.4, 0.5) is 4.39 Å². The molecule has 17 heavy (non-hydrogen) atoms. The van der Waals surface area contributed by atoms with Crippen molar-refractivity contribution in [1.82, 2.24) is 4.90 Å². The molecule has 0 unspecified atom stereocenters. The minimum absolute atomic E-state index is 0.0120. The van der Waals surface area contributed by atoms with E-state index >= 15 is 0 Å². The highest BCUT2D eigenvalue weighted by Gasteiger charge is 2.12. The Morgan fingerprint density at radius 1 is 1.53 bits per heavy atom. The molecule has 0 aliphatic carbocycles. The molecule has 6 heteroatoms. The van der Waals surface area contributed by atoms with Crippen LogP contribution in [0.5, 0.6) is 0 Å². The van der Waals surface area contributed by atoms with Crippen LogP contribution in [0.3, 0.4) is 0 Å². The smallest absolute Gasteiger partial charge is 0.173 e. The highest BCUT2D eigenvalue weighted by molar-refractivity contribution is 5.97. The zero-order valence-electron chi connectivity index (χ0n) is 9.60. The Labute approximate surface area is 99.0 Å².